The molecular formula is C16H38ClP. The van der Waals surface area contributed by atoms with Gasteiger partial charge in [-0.3, -0.25) is 0 Å². The highest BCUT2D eigenvalue weighted by Crippen LogP contribution is 2.23. The zero-order valence-corrected chi connectivity index (χ0v) is 14.2. The SMILES string of the molecule is C.C1CCCCC1.CC.CCl.PC1CCCCC1. The minimum absolute atomic E-state index is 0. The molecule has 0 amide bonds. The molecule has 0 nitrogen and oxygen atoms in total. The predicted molar refractivity (Wildman–Crippen MR) is 94.1 cm³/mol. The highest BCUT2D eigenvalue weighted by Gasteiger charge is 2.06. The summed E-state index contributed by atoms with van der Waals surface area (Å²) in [5.41, 5.74) is 0.953. The first-order chi connectivity index (χ1) is 8.39. The number of halogens is 1. The molecule has 2 saturated carbocycles. The van der Waals surface area contributed by atoms with Crippen LogP contribution in [0.25, 0.3) is 0 Å². The zero-order chi connectivity index (χ0) is 13.4. The second kappa shape index (κ2) is 22.9. The zero-order valence-electron chi connectivity index (χ0n) is 12.3. The van der Waals surface area contributed by atoms with Crippen LogP contribution in [0.4, 0.5) is 0 Å². The Morgan fingerprint density at radius 3 is 1.06 bits per heavy atom. The van der Waals surface area contributed by atoms with Crippen LogP contribution in [0.2, 0.25) is 0 Å². The van der Waals surface area contributed by atoms with Gasteiger partial charge in [-0.05, 0) is 18.5 Å². The third-order valence-corrected chi connectivity index (χ3v) is 3.82. The minimum Gasteiger partial charge on any atom is -0.134 e. The lowest BCUT2D eigenvalue weighted by molar-refractivity contribution is 0.504. The minimum atomic E-state index is 0. The summed E-state index contributed by atoms with van der Waals surface area (Å²) in [5, 5.41) is 0. The predicted octanol–water partition coefficient (Wildman–Crippen LogP) is 7.05. The normalized spacial score (nSPS) is 18.5. The van der Waals surface area contributed by atoms with Gasteiger partial charge in [0.25, 0.3) is 0 Å². The van der Waals surface area contributed by atoms with Crippen LogP contribution in [0.5, 0.6) is 0 Å². The van der Waals surface area contributed by atoms with Crippen molar-refractivity contribution in [3.63, 3.8) is 0 Å². The lowest BCUT2D eigenvalue weighted by atomic mass is 10.0. The van der Waals surface area contributed by atoms with Crippen LogP contribution in [0.15, 0.2) is 0 Å². The van der Waals surface area contributed by atoms with Crippen LogP contribution in [0, 0.1) is 0 Å². The van der Waals surface area contributed by atoms with Crippen molar-refractivity contribution >= 4 is 20.8 Å². The number of rotatable bonds is 0. The van der Waals surface area contributed by atoms with Crippen LogP contribution in [-0.4, -0.2) is 12.0 Å². The third-order valence-electron chi connectivity index (χ3n) is 3.15. The highest BCUT2D eigenvalue weighted by molar-refractivity contribution is 7.17. The van der Waals surface area contributed by atoms with Crippen molar-refractivity contribution in [2.45, 2.75) is 97.6 Å². The molecule has 2 rings (SSSR count). The maximum absolute atomic E-state index is 4.64. The first-order valence-corrected chi connectivity index (χ1v) is 8.95. The quantitative estimate of drug-likeness (QED) is 0.332. The van der Waals surface area contributed by atoms with Crippen molar-refractivity contribution in [2.75, 3.05) is 6.38 Å². The Balaban J connectivity index is -0.000000189. The smallest absolute Gasteiger partial charge is 0.0108 e. The summed E-state index contributed by atoms with van der Waals surface area (Å²) in [6, 6.07) is 0. The van der Waals surface area contributed by atoms with Crippen molar-refractivity contribution in [2.24, 2.45) is 0 Å². The maximum Gasteiger partial charge on any atom is 0.0108 e. The first-order valence-electron chi connectivity index (χ1n) is 7.53. The molecule has 0 spiro atoms. The Morgan fingerprint density at radius 1 is 0.667 bits per heavy atom. The van der Waals surface area contributed by atoms with E-state index in [1.54, 1.807) is 0 Å². The van der Waals surface area contributed by atoms with E-state index in [2.05, 4.69) is 20.8 Å². The van der Waals surface area contributed by atoms with Crippen LogP contribution < -0.4 is 0 Å². The van der Waals surface area contributed by atoms with Crippen LogP contribution in [0.3, 0.4) is 0 Å². The lowest BCUT2D eigenvalue weighted by Crippen LogP contribution is -2.02. The van der Waals surface area contributed by atoms with E-state index < -0.39 is 0 Å². The summed E-state index contributed by atoms with van der Waals surface area (Å²) in [5.74, 6) is 0. The molecule has 1 unspecified atom stereocenters. The fraction of sp³-hybridized carbons (Fsp3) is 1.00. The van der Waals surface area contributed by atoms with E-state index in [4.69, 9.17) is 0 Å². The van der Waals surface area contributed by atoms with E-state index in [0.717, 1.165) is 5.66 Å². The van der Waals surface area contributed by atoms with E-state index in [9.17, 15) is 0 Å². The maximum atomic E-state index is 4.64. The first kappa shape index (κ1) is 23.8. The topological polar surface area (TPSA) is 0 Å². The Bertz CT molecular complexity index is 96.2. The van der Waals surface area contributed by atoms with Crippen molar-refractivity contribution < 1.29 is 0 Å². The van der Waals surface area contributed by atoms with Crippen LogP contribution in [0.1, 0.15) is 91.9 Å². The van der Waals surface area contributed by atoms with E-state index in [0.29, 0.717) is 0 Å². The molecule has 0 aromatic carbocycles. The summed E-state index contributed by atoms with van der Waals surface area (Å²) in [7, 11) is 2.91. The van der Waals surface area contributed by atoms with Crippen molar-refractivity contribution in [1.29, 1.82) is 0 Å². The average Bonchev–Trinajstić information content (AvgIpc) is 2.47. The second-order valence-corrected chi connectivity index (χ2v) is 5.46. The summed E-state index contributed by atoms with van der Waals surface area (Å²) in [6.45, 7) is 4.00. The monoisotopic (exact) mass is 296 g/mol. The van der Waals surface area contributed by atoms with Gasteiger partial charge in [0, 0.05) is 6.38 Å². The Kier molecular flexibility index (Phi) is 30.2. The van der Waals surface area contributed by atoms with Gasteiger partial charge in [-0.2, -0.15) is 0 Å². The van der Waals surface area contributed by atoms with E-state index in [-0.39, 0.29) is 7.43 Å². The molecule has 0 aromatic heterocycles. The molecule has 0 saturated heterocycles. The Morgan fingerprint density at radius 2 is 0.889 bits per heavy atom. The third kappa shape index (κ3) is 19.1. The van der Waals surface area contributed by atoms with E-state index >= 15 is 0 Å². The van der Waals surface area contributed by atoms with Gasteiger partial charge in [0.2, 0.25) is 0 Å². The van der Waals surface area contributed by atoms with Gasteiger partial charge < -0.3 is 0 Å². The van der Waals surface area contributed by atoms with Gasteiger partial charge >= 0.3 is 0 Å². The molecule has 0 N–H and O–H groups in total. The summed E-state index contributed by atoms with van der Waals surface area (Å²) >= 11 is 4.64. The molecule has 18 heavy (non-hydrogen) atoms. The molecule has 2 fully saturated rings. The van der Waals surface area contributed by atoms with E-state index in [1.807, 2.05) is 13.8 Å². The standard InChI is InChI=1S/C6H13P.C6H12.C2H6.CH3Cl.CH4/c7-6-4-2-1-3-5-6;1-2-4-6-5-3-1;2*1-2;/h6H,1-5,7H2;1-6H2;1-2H3;1H3;1H4. The van der Waals surface area contributed by atoms with Gasteiger partial charge in [-0.1, -0.05) is 79.1 Å². The van der Waals surface area contributed by atoms with Crippen molar-refractivity contribution in [3.05, 3.63) is 0 Å². The summed E-state index contributed by atoms with van der Waals surface area (Å²) in [6.07, 6.45) is 17.8. The number of hydrogen-bond acceptors (Lipinski definition) is 0. The fourth-order valence-electron chi connectivity index (χ4n) is 2.19. The lowest BCUT2D eigenvalue weighted by Gasteiger charge is -2.15. The molecule has 0 radical (unpaired) electrons. The second-order valence-electron chi connectivity index (χ2n) is 4.52. The average molecular weight is 297 g/mol. The molecule has 1 atom stereocenters. The van der Waals surface area contributed by atoms with Gasteiger partial charge in [-0.15, -0.1) is 20.8 Å². The van der Waals surface area contributed by atoms with Gasteiger partial charge in [0.1, 0.15) is 0 Å². The summed E-state index contributed by atoms with van der Waals surface area (Å²) in [4.78, 5) is 0. The highest BCUT2D eigenvalue weighted by atomic mass is 35.5. The van der Waals surface area contributed by atoms with Crippen molar-refractivity contribution in [3.8, 4) is 0 Å². The van der Waals surface area contributed by atoms with Gasteiger partial charge in [0.05, 0.1) is 0 Å². The largest absolute Gasteiger partial charge is 0.134 e. The molecule has 2 heteroatoms. The van der Waals surface area contributed by atoms with Crippen LogP contribution in [-0.2, 0) is 0 Å². The van der Waals surface area contributed by atoms with E-state index in [1.165, 1.54) is 77.0 Å². The van der Waals surface area contributed by atoms with Crippen molar-refractivity contribution in [1.82, 2.24) is 0 Å². The molecule has 114 valence electrons. The molecule has 2 aliphatic carbocycles. The molecule has 0 aromatic rings. The molecular weight excluding hydrogens is 259 g/mol. The molecule has 0 heterocycles. The molecule has 2 aliphatic rings. The Labute approximate surface area is 125 Å². The fourth-order valence-corrected chi connectivity index (χ4v) is 2.67. The van der Waals surface area contributed by atoms with Crippen LogP contribution >= 0.6 is 20.8 Å². The molecule has 0 aliphatic heterocycles. The number of alkyl halides is 1. The summed E-state index contributed by atoms with van der Waals surface area (Å²) < 4.78 is 0. The van der Waals surface area contributed by atoms with Gasteiger partial charge in [-0.25, -0.2) is 0 Å². The van der Waals surface area contributed by atoms with Gasteiger partial charge in [0.15, 0.2) is 0 Å². The molecule has 0 bridgehead atoms. The number of hydrogen-bond donors (Lipinski definition) is 0. The Hall–Kier alpha value is 0.720.